The first-order chi connectivity index (χ1) is 11.5. The number of nitrogens with zero attached hydrogens (tertiary/aromatic N) is 3. The highest BCUT2D eigenvalue weighted by atomic mass is 35.5. The Kier molecular flexibility index (Phi) is 3.31. The van der Waals surface area contributed by atoms with E-state index in [0.29, 0.717) is 40.6 Å². The number of amides is 2. The number of benzene rings is 1. The molecule has 1 aliphatic heterocycles. The normalized spacial score (nSPS) is 17.8. The molecule has 1 aromatic carbocycles. The minimum Gasteiger partial charge on any atom is -0.273 e. The van der Waals surface area contributed by atoms with E-state index in [1.54, 1.807) is 18.3 Å². The van der Waals surface area contributed by atoms with E-state index < -0.39 is 0 Å². The molecule has 2 heterocycles. The van der Waals surface area contributed by atoms with Gasteiger partial charge in [0.15, 0.2) is 0 Å². The van der Waals surface area contributed by atoms with Crippen LogP contribution in [0.5, 0.6) is 0 Å². The highest BCUT2D eigenvalue weighted by Gasteiger charge is 2.40. The summed E-state index contributed by atoms with van der Waals surface area (Å²) in [5, 5.41) is 5.13. The number of halogens is 1. The monoisotopic (exact) mass is 343 g/mol. The molecule has 0 spiro atoms. The summed E-state index contributed by atoms with van der Waals surface area (Å²) in [6.07, 6.45) is 4.68. The number of carbonyl (C=O) groups excluding carboxylic acids is 3. The summed E-state index contributed by atoms with van der Waals surface area (Å²) < 4.78 is 1.21. The number of rotatable bonds is 1. The van der Waals surface area contributed by atoms with Crippen LogP contribution >= 0.6 is 11.6 Å². The van der Waals surface area contributed by atoms with Crippen LogP contribution in [0.4, 0.5) is 5.69 Å². The molecule has 2 amide bonds. The van der Waals surface area contributed by atoms with Crippen molar-refractivity contribution in [3.63, 3.8) is 0 Å². The molecular formula is C17H14ClN3O3. The Balaban J connectivity index is 1.82. The summed E-state index contributed by atoms with van der Waals surface area (Å²) in [5.41, 5.74) is 2.05. The van der Waals surface area contributed by atoms with Gasteiger partial charge in [0.05, 0.1) is 16.2 Å². The van der Waals surface area contributed by atoms with Crippen LogP contribution in [0.1, 0.15) is 37.4 Å². The topological polar surface area (TPSA) is 72.3 Å². The molecule has 24 heavy (non-hydrogen) atoms. The third-order valence-corrected chi connectivity index (χ3v) is 4.83. The summed E-state index contributed by atoms with van der Waals surface area (Å²) in [6, 6.07) is 3.21. The molecule has 0 saturated heterocycles. The first-order valence-electron chi connectivity index (χ1n) is 7.78. The Morgan fingerprint density at radius 3 is 2.33 bits per heavy atom. The van der Waals surface area contributed by atoms with Gasteiger partial charge in [-0.2, -0.15) is 5.10 Å². The summed E-state index contributed by atoms with van der Waals surface area (Å²) >= 11 is 6.31. The zero-order valence-corrected chi connectivity index (χ0v) is 13.8. The highest BCUT2D eigenvalue weighted by Crippen LogP contribution is 2.39. The Labute approximate surface area is 142 Å². The molecule has 0 radical (unpaired) electrons. The van der Waals surface area contributed by atoms with Gasteiger partial charge in [-0.15, -0.1) is 0 Å². The largest absolute Gasteiger partial charge is 0.273 e. The minimum absolute atomic E-state index is 0.227. The lowest BCUT2D eigenvalue weighted by Gasteiger charge is -2.16. The van der Waals surface area contributed by atoms with Crippen LogP contribution in [0.3, 0.4) is 0 Å². The summed E-state index contributed by atoms with van der Waals surface area (Å²) in [7, 11) is 0. The Hall–Kier alpha value is -2.47. The van der Waals surface area contributed by atoms with Crippen LogP contribution in [-0.4, -0.2) is 27.5 Å². The van der Waals surface area contributed by atoms with E-state index in [9.17, 15) is 14.4 Å². The lowest BCUT2D eigenvalue weighted by Crippen LogP contribution is -2.31. The van der Waals surface area contributed by atoms with Crippen molar-refractivity contribution in [1.29, 1.82) is 0 Å². The molecule has 6 nitrogen and oxygen atoms in total. The molecule has 2 aliphatic rings. The van der Waals surface area contributed by atoms with E-state index in [4.69, 9.17) is 11.6 Å². The van der Waals surface area contributed by atoms with Crippen molar-refractivity contribution in [3.8, 4) is 0 Å². The van der Waals surface area contributed by atoms with Crippen LogP contribution in [0.15, 0.2) is 29.5 Å². The van der Waals surface area contributed by atoms with E-state index in [2.05, 4.69) is 5.10 Å². The van der Waals surface area contributed by atoms with Gasteiger partial charge in [0.2, 0.25) is 5.91 Å². The van der Waals surface area contributed by atoms with Gasteiger partial charge in [-0.3, -0.25) is 14.4 Å². The van der Waals surface area contributed by atoms with Crippen LogP contribution in [0.25, 0.3) is 10.9 Å². The van der Waals surface area contributed by atoms with Gasteiger partial charge in [-0.25, -0.2) is 9.58 Å². The molecule has 2 aromatic rings. The quantitative estimate of drug-likeness (QED) is 0.746. The van der Waals surface area contributed by atoms with Crippen molar-refractivity contribution >= 4 is 45.9 Å². The fraction of sp³-hybridized carbons (Fsp3) is 0.294. The van der Waals surface area contributed by atoms with E-state index in [1.165, 1.54) is 11.6 Å². The average molecular weight is 344 g/mol. The van der Waals surface area contributed by atoms with Crippen LogP contribution in [0, 0.1) is 0 Å². The van der Waals surface area contributed by atoms with Gasteiger partial charge in [0.1, 0.15) is 0 Å². The van der Waals surface area contributed by atoms with Crippen molar-refractivity contribution in [1.82, 2.24) is 9.78 Å². The zero-order chi connectivity index (χ0) is 17.0. The van der Waals surface area contributed by atoms with E-state index in [-0.39, 0.29) is 22.7 Å². The Morgan fingerprint density at radius 2 is 1.75 bits per heavy atom. The second kappa shape index (κ2) is 5.27. The highest BCUT2D eigenvalue weighted by molar-refractivity contribution is 6.39. The van der Waals surface area contributed by atoms with Gasteiger partial charge in [0, 0.05) is 29.7 Å². The molecule has 0 fully saturated rings. The van der Waals surface area contributed by atoms with Crippen LogP contribution in [-0.2, 0) is 9.59 Å². The molecular weight excluding hydrogens is 330 g/mol. The standard InChI is InChI=1S/C17H14ClN3O3/c1-9(22)20-8-10-6-13(18)15(7-14(10)19-20)21-16(23)11-4-2-3-5-12(11)17(21)24/h6-8H,2-5H2,1H3. The second-order valence-corrected chi connectivity index (χ2v) is 6.47. The lowest BCUT2D eigenvalue weighted by atomic mass is 9.93. The summed E-state index contributed by atoms with van der Waals surface area (Å²) in [4.78, 5) is 37.9. The van der Waals surface area contributed by atoms with E-state index >= 15 is 0 Å². The molecule has 0 saturated carbocycles. The molecule has 0 atom stereocenters. The number of aromatic nitrogens is 2. The SMILES string of the molecule is CC(=O)n1cc2cc(Cl)c(N3C(=O)C4=C(CCCC4)C3=O)cc2n1. The van der Waals surface area contributed by atoms with E-state index in [0.717, 1.165) is 17.7 Å². The number of hydrogen-bond acceptors (Lipinski definition) is 4. The third kappa shape index (κ3) is 2.10. The van der Waals surface area contributed by atoms with Crippen molar-refractivity contribution in [2.24, 2.45) is 0 Å². The Bertz CT molecular complexity index is 929. The maximum absolute atomic E-state index is 12.7. The van der Waals surface area contributed by atoms with Gasteiger partial charge in [-0.05, 0) is 37.8 Å². The number of hydrogen-bond donors (Lipinski definition) is 0. The third-order valence-electron chi connectivity index (χ3n) is 4.53. The molecule has 1 aliphatic carbocycles. The predicted octanol–water partition coefficient (Wildman–Crippen LogP) is 3.09. The predicted molar refractivity (Wildman–Crippen MR) is 89.0 cm³/mol. The lowest BCUT2D eigenvalue weighted by molar-refractivity contribution is -0.120. The molecule has 0 N–H and O–H groups in total. The van der Waals surface area contributed by atoms with Crippen molar-refractivity contribution in [2.75, 3.05) is 4.90 Å². The molecule has 0 unspecified atom stereocenters. The van der Waals surface area contributed by atoms with Crippen LogP contribution in [0.2, 0.25) is 5.02 Å². The number of anilines is 1. The fourth-order valence-corrected chi connectivity index (χ4v) is 3.58. The van der Waals surface area contributed by atoms with Gasteiger partial charge in [-0.1, -0.05) is 11.6 Å². The first-order valence-corrected chi connectivity index (χ1v) is 8.16. The fourth-order valence-electron chi connectivity index (χ4n) is 3.32. The van der Waals surface area contributed by atoms with Gasteiger partial charge < -0.3 is 0 Å². The molecule has 7 heteroatoms. The zero-order valence-electron chi connectivity index (χ0n) is 13.0. The molecule has 122 valence electrons. The number of imide groups is 1. The average Bonchev–Trinajstić information content (AvgIpc) is 3.07. The van der Waals surface area contributed by atoms with E-state index in [1.807, 2.05) is 0 Å². The van der Waals surface area contributed by atoms with Gasteiger partial charge >= 0.3 is 0 Å². The van der Waals surface area contributed by atoms with Gasteiger partial charge in [0.25, 0.3) is 11.8 Å². The molecule has 0 bridgehead atoms. The smallest absolute Gasteiger partial charge is 0.261 e. The van der Waals surface area contributed by atoms with Crippen molar-refractivity contribution in [2.45, 2.75) is 32.6 Å². The summed E-state index contributed by atoms with van der Waals surface area (Å²) in [6.45, 7) is 1.40. The maximum atomic E-state index is 12.7. The molecule has 1 aromatic heterocycles. The summed E-state index contributed by atoms with van der Waals surface area (Å²) in [5.74, 6) is -0.807. The first kappa shape index (κ1) is 15.1. The second-order valence-electron chi connectivity index (χ2n) is 6.07. The number of carbonyl (C=O) groups is 3. The maximum Gasteiger partial charge on any atom is 0.261 e. The Morgan fingerprint density at radius 1 is 1.12 bits per heavy atom. The van der Waals surface area contributed by atoms with Crippen molar-refractivity contribution < 1.29 is 14.4 Å². The molecule has 4 rings (SSSR count). The van der Waals surface area contributed by atoms with Crippen molar-refractivity contribution in [3.05, 3.63) is 34.5 Å². The van der Waals surface area contributed by atoms with Crippen LogP contribution < -0.4 is 4.90 Å². The number of fused-ring (bicyclic) bond motifs is 1. The minimum atomic E-state index is -0.290.